The number of rotatable bonds is 5. The van der Waals surface area contributed by atoms with Gasteiger partial charge in [-0.1, -0.05) is 32.1 Å². The summed E-state index contributed by atoms with van der Waals surface area (Å²) in [5.74, 6) is -14.1. The van der Waals surface area contributed by atoms with E-state index < -0.39 is 59.1 Å². The summed E-state index contributed by atoms with van der Waals surface area (Å²) >= 11 is 0. The second kappa shape index (κ2) is 9.81. The summed E-state index contributed by atoms with van der Waals surface area (Å²) in [5, 5.41) is 13.8. The molecular formula is C18H21F5N2O3. The zero-order chi connectivity index (χ0) is 20.8. The van der Waals surface area contributed by atoms with E-state index in [-0.39, 0.29) is 6.04 Å². The number of hydrogen-bond acceptors (Lipinski definition) is 3. The van der Waals surface area contributed by atoms with E-state index in [1.807, 2.05) is 5.32 Å². The maximum Gasteiger partial charge on any atom is 0.258 e. The minimum Gasteiger partial charge on any atom is -0.394 e. The lowest BCUT2D eigenvalue weighted by Gasteiger charge is -2.24. The van der Waals surface area contributed by atoms with Crippen LogP contribution in [0.4, 0.5) is 22.0 Å². The molecule has 1 aromatic carbocycles. The molecule has 0 saturated heterocycles. The van der Waals surface area contributed by atoms with Gasteiger partial charge in [0, 0.05) is 6.04 Å². The van der Waals surface area contributed by atoms with Crippen molar-refractivity contribution in [2.24, 2.45) is 0 Å². The van der Waals surface area contributed by atoms with E-state index in [0.717, 1.165) is 32.1 Å². The van der Waals surface area contributed by atoms with Crippen LogP contribution in [0.5, 0.6) is 0 Å². The monoisotopic (exact) mass is 408 g/mol. The molecule has 1 fully saturated rings. The van der Waals surface area contributed by atoms with Crippen molar-refractivity contribution in [2.75, 3.05) is 6.61 Å². The summed E-state index contributed by atoms with van der Waals surface area (Å²) in [6, 6.07) is -1.79. The predicted octanol–water partition coefficient (Wildman–Crippen LogP) is 2.70. The quantitative estimate of drug-likeness (QED) is 0.398. The Morgan fingerprint density at radius 3 is 1.82 bits per heavy atom. The van der Waals surface area contributed by atoms with Gasteiger partial charge in [-0.25, -0.2) is 22.0 Å². The number of aliphatic hydroxyl groups is 1. The molecule has 2 rings (SSSR count). The highest BCUT2D eigenvalue weighted by molar-refractivity contribution is 5.98. The van der Waals surface area contributed by atoms with Gasteiger partial charge in [0.05, 0.1) is 6.61 Å². The Labute approximate surface area is 158 Å². The molecule has 0 aliphatic heterocycles. The van der Waals surface area contributed by atoms with Crippen molar-refractivity contribution in [3.8, 4) is 0 Å². The standard InChI is InChI=1S/C18H21F5N2O3/c19-12-11(13(20)15(22)16(23)14(12)21)18(28)25-10(8-26)17(27)24-9-6-4-2-1-3-5-7-9/h9-10,26H,1-8H2,(H,24,27)(H,25,28). The zero-order valence-electron chi connectivity index (χ0n) is 15.0. The molecule has 1 unspecified atom stereocenters. The zero-order valence-corrected chi connectivity index (χ0v) is 15.0. The maximum absolute atomic E-state index is 13.7. The first-order valence-electron chi connectivity index (χ1n) is 9.01. The fraction of sp³-hybridized carbons (Fsp3) is 0.556. The van der Waals surface area contributed by atoms with Crippen molar-refractivity contribution in [1.82, 2.24) is 10.6 Å². The van der Waals surface area contributed by atoms with Crippen LogP contribution >= 0.6 is 0 Å². The molecule has 0 radical (unpaired) electrons. The average molecular weight is 408 g/mol. The van der Waals surface area contributed by atoms with E-state index in [4.69, 9.17) is 0 Å². The van der Waals surface area contributed by atoms with Gasteiger partial charge in [-0.05, 0) is 12.8 Å². The molecule has 2 amide bonds. The molecule has 1 atom stereocenters. The molecule has 28 heavy (non-hydrogen) atoms. The van der Waals surface area contributed by atoms with Crippen molar-refractivity contribution in [2.45, 2.75) is 57.0 Å². The van der Waals surface area contributed by atoms with Gasteiger partial charge in [0.1, 0.15) is 11.6 Å². The van der Waals surface area contributed by atoms with Crippen LogP contribution in [-0.4, -0.2) is 35.6 Å². The minimum atomic E-state index is -2.40. The lowest BCUT2D eigenvalue weighted by molar-refractivity contribution is -0.124. The Morgan fingerprint density at radius 1 is 0.857 bits per heavy atom. The molecule has 0 aromatic heterocycles. The van der Waals surface area contributed by atoms with Crippen LogP contribution in [0.2, 0.25) is 0 Å². The highest BCUT2D eigenvalue weighted by Crippen LogP contribution is 2.23. The fourth-order valence-electron chi connectivity index (χ4n) is 3.13. The van der Waals surface area contributed by atoms with Gasteiger partial charge in [-0.3, -0.25) is 9.59 Å². The second-order valence-electron chi connectivity index (χ2n) is 6.70. The van der Waals surface area contributed by atoms with E-state index in [1.165, 1.54) is 0 Å². The van der Waals surface area contributed by atoms with Gasteiger partial charge in [-0.15, -0.1) is 0 Å². The average Bonchev–Trinajstić information content (AvgIpc) is 2.64. The van der Waals surface area contributed by atoms with Crippen molar-refractivity contribution in [3.63, 3.8) is 0 Å². The Morgan fingerprint density at radius 2 is 1.32 bits per heavy atom. The van der Waals surface area contributed by atoms with E-state index in [0.29, 0.717) is 12.8 Å². The normalized spacial score (nSPS) is 16.8. The number of carbonyl (C=O) groups is 2. The molecule has 3 N–H and O–H groups in total. The molecule has 1 aromatic rings. The first kappa shape index (κ1) is 22.1. The summed E-state index contributed by atoms with van der Waals surface area (Å²) in [5.41, 5.74) is -1.71. The third-order valence-electron chi connectivity index (χ3n) is 4.69. The first-order valence-corrected chi connectivity index (χ1v) is 9.01. The van der Waals surface area contributed by atoms with Crippen molar-refractivity contribution in [1.29, 1.82) is 0 Å². The van der Waals surface area contributed by atoms with E-state index >= 15 is 0 Å². The molecule has 1 saturated carbocycles. The number of carbonyl (C=O) groups excluding carboxylic acids is 2. The number of nitrogens with one attached hydrogen (secondary N) is 2. The van der Waals surface area contributed by atoms with Gasteiger partial charge in [0.15, 0.2) is 23.3 Å². The highest BCUT2D eigenvalue weighted by Gasteiger charge is 2.32. The minimum absolute atomic E-state index is 0.187. The van der Waals surface area contributed by atoms with E-state index in [2.05, 4.69) is 5.32 Å². The first-order chi connectivity index (χ1) is 13.3. The topological polar surface area (TPSA) is 78.4 Å². The number of halogens is 5. The van der Waals surface area contributed by atoms with E-state index in [1.54, 1.807) is 0 Å². The third kappa shape index (κ3) is 4.98. The van der Waals surface area contributed by atoms with Crippen LogP contribution in [0.25, 0.3) is 0 Å². The highest BCUT2D eigenvalue weighted by atomic mass is 19.2. The second-order valence-corrected chi connectivity index (χ2v) is 6.70. The van der Waals surface area contributed by atoms with Gasteiger partial charge < -0.3 is 15.7 Å². The van der Waals surface area contributed by atoms with Gasteiger partial charge in [0.2, 0.25) is 11.7 Å². The summed E-state index contributed by atoms with van der Waals surface area (Å²) < 4.78 is 67.0. The summed E-state index contributed by atoms with van der Waals surface area (Å²) in [6.45, 7) is -0.917. The lowest BCUT2D eigenvalue weighted by Crippen LogP contribution is -2.51. The van der Waals surface area contributed by atoms with E-state index in [9.17, 15) is 36.6 Å². The molecule has 0 bridgehead atoms. The molecule has 10 heteroatoms. The van der Waals surface area contributed by atoms with Crippen LogP contribution in [0.15, 0.2) is 0 Å². The Bertz CT molecular complexity index is 707. The Balaban J connectivity index is 2.11. The smallest absolute Gasteiger partial charge is 0.258 e. The molecule has 156 valence electrons. The van der Waals surface area contributed by atoms with Crippen LogP contribution in [0.1, 0.15) is 55.3 Å². The third-order valence-corrected chi connectivity index (χ3v) is 4.69. The lowest BCUT2D eigenvalue weighted by atomic mass is 9.96. The van der Waals surface area contributed by atoms with Crippen LogP contribution in [-0.2, 0) is 4.79 Å². The van der Waals surface area contributed by atoms with Crippen LogP contribution in [0.3, 0.4) is 0 Å². The van der Waals surface area contributed by atoms with Crippen LogP contribution < -0.4 is 10.6 Å². The fourth-order valence-corrected chi connectivity index (χ4v) is 3.13. The summed E-state index contributed by atoms with van der Waals surface area (Å²) in [7, 11) is 0. The largest absolute Gasteiger partial charge is 0.394 e. The number of amides is 2. The van der Waals surface area contributed by atoms with Gasteiger partial charge >= 0.3 is 0 Å². The van der Waals surface area contributed by atoms with Gasteiger partial charge in [-0.2, -0.15) is 0 Å². The molecular weight excluding hydrogens is 387 g/mol. The van der Waals surface area contributed by atoms with Crippen molar-refractivity contribution in [3.05, 3.63) is 34.6 Å². The number of benzene rings is 1. The molecule has 0 spiro atoms. The van der Waals surface area contributed by atoms with Crippen molar-refractivity contribution < 1.29 is 36.6 Å². The molecule has 1 aliphatic carbocycles. The number of hydrogen-bond donors (Lipinski definition) is 3. The Kier molecular flexibility index (Phi) is 7.73. The predicted molar refractivity (Wildman–Crippen MR) is 88.8 cm³/mol. The SMILES string of the molecule is O=C(NC(CO)C(=O)NC1CCCCCCC1)c1c(F)c(F)c(F)c(F)c1F. The van der Waals surface area contributed by atoms with Gasteiger partial charge in [0.25, 0.3) is 5.91 Å². The van der Waals surface area contributed by atoms with Crippen molar-refractivity contribution >= 4 is 11.8 Å². The maximum atomic E-state index is 13.7. The van der Waals surface area contributed by atoms with Crippen LogP contribution in [0, 0.1) is 29.1 Å². The molecule has 5 nitrogen and oxygen atoms in total. The molecule has 1 aliphatic rings. The molecule has 0 heterocycles. The Hall–Kier alpha value is -2.23. The summed E-state index contributed by atoms with van der Waals surface area (Å²) in [6.07, 6.45) is 6.35. The number of aliphatic hydroxyl groups excluding tert-OH is 1. The summed E-state index contributed by atoms with van der Waals surface area (Å²) in [4.78, 5) is 24.3.